The minimum atomic E-state index is -1.28. The molecule has 0 bridgehead atoms. The molecular formula is C14H10N4O3. The number of rotatable bonds is 3. The van der Waals surface area contributed by atoms with Crippen molar-refractivity contribution in [1.29, 1.82) is 0 Å². The minimum Gasteiger partial charge on any atom is -0.477 e. The summed E-state index contributed by atoms with van der Waals surface area (Å²) in [6, 6.07) is 8.55. The van der Waals surface area contributed by atoms with Crippen LogP contribution in [0.2, 0.25) is 0 Å². The third-order valence-corrected chi connectivity index (χ3v) is 3.00. The lowest BCUT2D eigenvalue weighted by atomic mass is 10.1. The van der Waals surface area contributed by atoms with Crippen LogP contribution in [0.5, 0.6) is 0 Å². The van der Waals surface area contributed by atoms with Crippen molar-refractivity contribution in [2.45, 2.75) is 0 Å². The first kappa shape index (κ1) is 12.8. The van der Waals surface area contributed by atoms with Gasteiger partial charge in [-0.3, -0.25) is 4.79 Å². The van der Waals surface area contributed by atoms with E-state index < -0.39 is 11.5 Å². The van der Waals surface area contributed by atoms with Gasteiger partial charge in [-0.2, -0.15) is 5.10 Å². The van der Waals surface area contributed by atoms with Gasteiger partial charge in [-0.15, -0.1) is 0 Å². The second-order valence-corrected chi connectivity index (χ2v) is 4.32. The number of benzene rings is 1. The topological polar surface area (TPSA) is 101 Å². The lowest BCUT2D eigenvalue weighted by molar-refractivity contribution is 0.0694. The lowest BCUT2D eigenvalue weighted by Gasteiger charge is -2.04. The number of carboxylic acids is 1. The molecule has 0 atom stereocenters. The Morgan fingerprint density at radius 2 is 2.00 bits per heavy atom. The Bertz CT molecular complexity index is 835. The molecule has 0 spiro atoms. The van der Waals surface area contributed by atoms with Gasteiger partial charge in [-0.05, 0) is 18.2 Å². The van der Waals surface area contributed by atoms with E-state index in [0.717, 1.165) is 5.69 Å². The van der Waals surface area contributed by atoms with E-state index in [9.17, 15) is 9.59 Å². The highest BCUT2D eigenvalue weighted by Gasteiger charge is 2.11. The second kappa shape index (κ2) is 5.04. The summed E-state index contributed by atoms with van der Waals surface area (Å²) in [7, 11) is 0. The number of H-pyrrole nitrogens is 1. The van der Waals surface area contributed by atoms with Crippen molar-refractivity contribution in [1.82, 2.24) is 19.7 Å². The number of aromatic amines is 1. The highest BCUT2D eigenvalue weighted by molar-refractivity contribution is 5.88. The van der Waals surface area contributed by atoms with Gasteiger partial charge in [-0.1, -0.05) is 12.1 Å². The Labute approximate surface area is 118 Å². The molecule has 7 heteroatoms. The fourth-order valence-corrected chi connectivity index (χ4v) is 1.93. The molecule has 2 heterocycles. The molecule has 0 saturated carbocycles. The van der Waals surface area contributed by atoms with Crippen molar-refractivity contribution < 1.29 is 9.90 Å². The molecule has 3 aromatic rings. The predicted molar refractivity (Wildman–Crippen MR) is 74.4 cm³/mol. The zero-order chi connectivity index (χ0) is 14.8. The highest BCUT2D eigenvalue weighted by atomic mass is 16.4. The molecule has 0 radical (unpaired) electrons. The number of aromatic carboxylic acids is 1. The van der Waals surface area contributed by atoms with Crippen LogP contribution >= 0.6 is 0 Å². The zero-order valence-corrected chi connectivity index (χ0v) is 10.7. The smallest absolute Gasteiger partial charge is 0.341 e. The largest absolute Gasteiger partial charge is 0.477 e. The van der Waals surface area contributed by atoms with Gasteiger partial charge in [0, 0.05) is 23.6 Å². The summed E-state index contributed by atoms with van der Waals surface area (Å²) in [4.78, 5) is 26.3. The molecule has 0 amide bonds. The molecule has 3 rings (SSSR count). The van der Waals surface area contributed by atoms with Gasteiger partial charge in [0.25, 0.3) is 5.56 Å². The summed E-state index contributed by atoms with van der Waals surface area (Å²) in [5.74, 6) is -1.28. The number of nitrogens with zero attached hydrogens (tertiary/aromatic N) is 3. The molecule has 0 fully saturated rings. The average Bonchev–Trinajstić information content (AvgIpc) is 3.02. The Kier molecular flexibility index (Phi) is 3.07. The lowest BCUT2D eigenvalue weighted by Crippen LogP contribution is -2.18. The van der Waals surface area contributed by atoms with Crippen LogP contribution in [0.25, 0.3) is 16.9 Å². The maximum absolute atomic E-state index is 11.3. The molecule has 2 aromatic heterocycles. The second-order valence-electron chi connectivity index (χ2n) is 4.32. The van der Waals surface area contributed by atoms with Crippen LogP contribution < -0.4 is 5.56 Å². The Balaban J connectivity index is 2.00. The van der Waals surface area contributed by atoms with E-state index >= 15 is 0 Å². The standard InChI is InChI=1S/C14H10N4O3/c19-13-11(14(20)21)7-12(16-17-13)9-1-3-10(4-2-9)18-6-5-15-8-18/h1-8H,(H,17,19)(H,20,21). The first-order chi connectivity index (χ1) is 10.1. The van der Waals surface area contributed by atoms with Crippen LogP contribution in [0.15, 0.2) is 53.8 Å². The molecule has 7 nitrogen and oxygen atoms in total. The molecule has 2 N–H and O–H groups in total. The third-order valence-electron chi connectivity index (χ3n) is 3.00. The zero-order valence-electron chi connectivity index (χ0n) is 10.7. The van der Waals surface area contributed by atoms with Gasteiger partial charge in [0.2, 0.25) is 0 Å². The van der Waals surface area contributed by atoms with Crippen LogP contribution in [0.3, 0.4) is 0 Å². The predicted octanol–water partition coefficient (Wildman–Crippen LogP) is 1.32. The Hall–Kier alpha value is -3.22. The van der Waals surface area contributed by atoms with Crippen molar-refractivity contribution in [3.05, 3.63) is 65.0 Å². The van der Waals surface area contributed by atoms with Crippen molar-refractivity contribution in [2.24, 2.45) is 0 Å². The molecule has 21 heavy (non-hydrogen) atoms. The summed E-state index contributed by atoms with van der Waals surface area (Å²) in [6.45, 7) is 0. The van der Waals surface area contributed by atoms with Gasteiger partial charge in [0.1, 0.15) is 5.56 Å². The molecule has 1 aromatic carbocycles. The van der Waals surface area contributed by atoms with E-state index in [1.807, 2.05) is 22.9 Å². The van der Waals surface area contributed by atoms with Gasteiger partial charge in [-0.25, -0.2) is 14.9 Å². The van der Waals surface area contributed by atoms with Crippen molar-refractivity contribution in [2.75, 3.05) is 0 Å². The molecule has 0 saturated heterocycles. The minimum absolute atomic E-state index is 0.335. The van der Waals surface area contributed by atoms with E-state index in [2.05, 4.69) is 15.2 Å². The SMILES string of the molecule is O=C(O)c1cc(-c2ccc(-n3ccnc3)cc2)n[nH]c1=O. The van der Waals surface area contributed by atoms with Gasteiger partial charge >= 0.3 is 5.97 Å². The molecule has 0 aliphatic carbocycles. The third kappa shape index (κ3) is 2.44. The first-order valence-electron chi connectivity index (χ1n) is 6.07. The fraction of sp³-hybridized carbons (Fsp3) is 0. The Morgan fingerprint density at radius 3 is 2.62 bits per heavy atom. The summed E-state index contributed by atoms with van der Waals surface area (Å²) in [5.41, 5.74) is 0.959. The molecule has 0 aliphatic heterocycles. The van der Waals surface area contributed by atoms with Crippen LogP contribution in [-0.2, 0) is 0 Å². The molecule has 0 aliphatic rings. The van der Waals surface area contributed by atoms with E-state index in [-0.39, 0.29) is 5.56 Å². The van der Waals surface area contributed by atoms with Crippen molar-refractivity contribution >= 4 is 5.97 Å². The summed E-state index contributed by atoms with van der Waals surface area (Å²) < 4.78 is 1.84. The fourth-order valence-electron chi connectivity index (χ4n) is 1.93. The number of carboxylic acid groups (broad SMARTS) is 1. The first-order valence-corrected chi connectivity index (χ1v) is 6.07. The number of carbonyl (C=O) groups is 1. The van der Waals surface area contributed by atoms with E-state index in [4.69, 9.17) is 5.11 Å². The van der Waals surface area contributed by atoms with Gasteiger partial charge in [0.15, 0.2) is 0 Å². The summed E-state index contributed by atoms with van der Waals surface area (Å²) in [5, 5.41) is 15.0. The summed E-state index contributed by atoms with van der Waals surface area (Å²) >= 11 is 0. The Morgan fingerprint density at radius 1 is 1.24 bits per heavy atom. The quantitative estimate of drug-likeness (QED) is 0.754. The van der Waals surface area contributed by atoms with Crippen LogP contribution in [0.4, 0.5) is 0 Å². The van der Waals surface area contributed by atoms with Gasteiger partial charge < -0.3 is 9.67 Å². The van der Waals surface area contributed by atoms with Crippen LogP contribution in [0, 0.1) is 0 Å². The van der Waals surface area contributed by atoms with Crippen LogP contribution in [-0.4, -0.2) is 30.8 Å². The number of hydrogen-bond donors (Lipinski definition) is 2. The van der Waals surface area contributed by atoms with E-state index in [1.54, 1.807) is 24.7 Å². The average molecular weight is 282 g/mol. The maximum Gasteiger partial charge on any atom is 0.341 e. The van der Waals surface area contributed by atoms with Crippen molar-refractivity contribution in [3.8, 4) is 16.9 Å². The van der Waals surface area contributed by atoms with Crippen molar-refractivity contribution in [3.63, 3.8) is 0 Å². The number of imidazole rings is 1. The number of hydrogen-bond acceptors (Lipinski definition) is 4. The van der Waals surface area contributed by atoms with Crippen LogP contribution in [0.1, 0.15) is 10.4 Å². The number of aromatic nitrogens is 4. The monoisotopic (exact) mass is 282 g/mol. The summed E-state index contributed by atoms with van der Waals surface area (Å²) in [6.07, 6.45) is 5.17. The normalized spacial score (nSPS) is 10.5. The molecule has 104 valence electrons. The molecule has 0 unspecified atom stereocenters. The maximum atomic E-state index is 11.3. The van der Waals surface area contributed by atoms with E-state index in [0.29, 0.717) is 11.3 Å². The van der Waals surface area contributed by atoms with Gasteiger partial charge in [0.05, 0.1) is 12.0 Å². The van der Waals surface area contributed by atoms with E-state index in [1.165, 1.54) is 6.07 Å². The highest BCUT2D eigenvalue weighted by Crippen LogP contribution is 2.18. The molecular weight excluding hydrogens is 272 g/mol. The number of nitrogens with one attached hydrogen (secondary N) is 1.